The lowest BCUT2D eigenvalue weighted by atomic mass is 10.0. The highest BCUT2D eigenvalue weighted by atomic mass is 35.5. The van der Waals surface area contributed by atoms with Gasteiger partial charge >= 0.3 is 0 Å². The Balaban J connectivity index is 2.21. The predicted octanol–water partition coefficient (Wildman–Crippen LogP) is 3.21. The Bertz CT molecular complexity index is 974. The van der Waals surface area contributed by atoms with E-state index in [4.69, 9.17) is 27.9 Å². The number of anilines is 1. The molecule has 146 valence electrons. The van der Waals surface area contributed by atoms with E-state index in [1.165, 1.54) is 19.2 Å². The van der Waals surface area contributed by atoms with Crippen molar-refractivity contribution in [3.05, 3.63) is 63.8 Å². The lowest BCUT2D eigenvalue weighted by Gasteiger charge is -2.21. The first-order valence-electron chi connectivity index (χ1n) is 8.44. The maximum Gasteiger partial charge on any atom is 0.282 e. The Kier molecular flexibility index (Phi) is 5.93. The van der Waals surface area contributed by atoms with E-state index in [2.05, 4.69) is 0 Å². The molecule has 0 aliphatic carbocycles. The zero-order valence-electron chi connectivity index (χ0n) is 15.3. The molecular formula is C20H18Cl2N2O4. The number of ether oxygens (including phenoxy) is 1. The first-order valence-corrected chi connectivity index (χ1v) is 9.19. The fraction of sp³-hybridized carbons (Fsp3) is 0.200. The summed E-state index contributed by atoms with van der Waals surface area (Å²) < 4.78 is 5.38. The molecule has 0 atom stereocenters. The highest BCUT2D eigenvalue weighted by molar-refractivity contribution is 6.47. The number of para-hydroxylation sites is 1. The smallest absolute Gasteiger partial charge is 0.282 e. The molecule has 0 unspecified atom stereocenters. The van der Waals surface area contributed by atoms with E-state index in [1.807, 2.05) is 0 Å². The zero-order chi connectivity index (χ0) is 20.4. The molecule has 2 aromatic rings. The minimum Gasteiger partial charge on any atom is -0.496 e. The Labute approximate surface area is 172 Å². The second-order valence-electron chi connectivity index (χ2n) is 6.11. The van der Waals surface area contributed by atoms with Gasteiger partial charge in [0.05, 0.1) is 30.0 Å². The SMILES string of the molecule is COc1ccccc1C1=C(N(C)CCO)C(=O)N(c2cc(Cl)ccc2Cl)C1=O. The third-order valence-electron chi connectivity index (χ3n) is 4.40. The number of benzene rings is 2. The molecule has 1 heterocycles. The van der Waals surface area contributed by atoms with Crippen LogP contribution in [0.25, 0.3) is 5.57 Å². The van der Waals surface area contributed by atoms with Crippen LogP contribution >= 0.6 is 23.2 Å². The van der Waals surface area contributed by atoms with Gasteiger partial charge in [0.2, 0.25) is 0 Å². The molecular weight excluding hydrogens is 403 g/mol. The van der Waals surface area contributed by atoms with Crippen molar-refractivity contribution >= 4 is 46.3 Å². The third kappa shape index (κ3) is 3.46. The first-order chi connectivity index (χ1) is 13.4. The molecule has 2 amide bonds. The number of halogens is 2. The first kappa shape index (κ1) is 20.2. The van der Waals surface area contributed by atoms with Gasteiger partial charge in [-0.2, -0.15) is 0 Å². The fourth-order valence-electron chi connectivity index (χ4n) is 3.10. The van der Waals surface area contributed by atoms with Gasteiger partial charge in [-0.3, -0.25) is 9.59 Å². The van der Waals surface area contributed by atoms with Crippen LogP contribution in [-0.4, -0.2) is 49.1 Å². The number of amides is 2. The monoisotopic (exact) mass is 420 g/mol. The van der Waals surface area contributed by atoms with E-state index in [9.17, 15) is 14.7 Å². The molecule has 0 saturated heterocycles. The van der Waals surface area contributed by atoms with E-state index >= 15 is 0 Å². The summed E-state index contributed by atoms with van der Waals surface area (Å²) in [6.07, 6.45) is 0. The summed E-state index contributed by atoms with van der Waals surface area (Å²) in [5.41, 5.74) is 1.00. The molecule has 0 radical (unpaired) electrons. The molecule has 0 saturated carbocycles. The normalized spacial score (nSPS) is 14.1. The molecule has 0 fully saturated rings. The van der Waals surface area contributed by atoms with Crippen molar-refractivity contribution < 1.29 is 19.4 Å². The van der Waals surface area contributed by atoms with Crippen molar-refractivity contribution in [1.29, 1.82) is 0 Å². The van der Waals surface area contributed by atoms with Crippen molar-refractivity contribution in [3.8, 4) is 5.75 Å². The average molecular weight is 421 g/mol. The van der Waals surface area contributed by atoms with Gasteiger partial charge in [-0.15, -0.1) is 0 Å². The number of carbonyl (C=O) groups excluding carboxylic acids is 2. The molecule has 1 aliphatic heterocycles. The molecule has 1 aliphatic rings. The second kappa shape index (κ2) is 8.22. The van der Waals surface area contributed by atoms with Crippen LogP contribution in [0.15, 0.2) is 48.2 Å². The van der Waals surface area contributed by atoms with Gasteiger partial charge in [-0.25, -0.2) is 4.90 Å². The summed E-state index contributed by atoms with van der Waals surface area (Å²) in [6, 6.07) is 11.5. The Hall–Kier alpha value is -2.54. The number of imide groups is 1. The van der Waals surface area contributed by atoms with Crippen molar-refractivity contribution in [1.82, 2.24) is 4.90 Å². The van der Waals surface area contributed by atoms with Crippen molar-refractivity contribution in [2.75, 3.05) is 32.2 Å². The lowest BCUT2D eigenvalue weighted by Crippen LogP contribution is -2.35. The summed E-state index contributed by atoms with van der Waals surface area (Å²) in [7, 11) is 3.12. The van der Waals surface area contributed by atoms with E-state index in [1.54, 1.807) is 42.3 Å². The minimum absolute atomic E-state index is 0.152. The summed E-state index contributed by atoms with van der Waals surface area (Å²) >= 11 is 12.3. The molecule has 0 spiro atoms. The number of aliphatic hydroxyl groups excluding tert-OH is 1. The highest BCUT2D eigenvalue weighted by Gasteiger charge is 2.43. The lowest BCUT2D eigenvalue weighted by molar-refractivity contribution is -0.120. The number of aliphatic hydroxyl groups is 1. The molecule has 3 rings (SSSR count). The van der Waals surface area contributed by atoms with E-state index in [0.717, 1.165) is 4.90 Å². The van der Waals surface area contributed by atoms with Crippen molar-refractivity contribution in [2.45, 2.75) is 0 Å². The van der Waals surface area contributed by atoms with Crippen LogP contribution in [0.2, 0.25) is 10.0 Å². The Morgan fingerprint density at radius 1 is 1.11 bits per heavy atom. The van der Waals surface area contributed by atoms with Crippen LogP contribution in [0, 0.1) is 0 Å². The number of rotatable bonds is 6. The van der Waals surface area contributed by atoms with Gasteiger partial charge in [-0.05, 0) is 24.3 Å². The topological polar surface area (TPSA) is 70.1 Å². The van der Waals surface area contributed by atoms with Gasteiger partial charge < -0.3 is 14.7 Å². The highest BCUT2D eigenvalue weighted by Crippen LogP contribution is 2.40. The summed E-state index contributed by atoms with van der Waals surface area (Å²) in [5.74, 6) is -0.642. The molecule has 8 heteroatoms. The van der Waals surface area contributed by atoms with Crippen LogP contribution in [-0.2, 0) is 9.59 Å². The molecule has 6 nitrogen and oxygen atoms in total. The van der Waals surface area contributed by atoms with E-state index in [0.29, 0.717) is 16.3 Å². The fourth-order valence-corrected chi connectivity index (χ4v) is 3.47. The van der Waals surface area contributed by atoms with Crippen LogP contribution in [0.3, 0.4) is 0 Å². The van der Waals surface area contributed by atoms with Gasteiger partial charge in [0, 0.05) is 24.2 Å². The largest absolute Gasteiger partial charge is 0.496 e. The van der Waals surface area contributed by atoms with Crippen molar-refractivity contribution in [3.63, 3.8) is 0 Å². The molecule has 2 aromatic carbocycles. The van der Waals surface area contributed by atoms with Gasteiger partial charge in [0.1, 0.15) is 11.4 Å². The standard InChI is InChI=1S/C20H18Cl2N2O4/c1-23(9-10-25)18-17(13-5-3-4-6-16(13)28-2)19(26)24(20(18)27)15-11-12(21)7-8-14(15)22/h3-8,11,25H,9-10H2,1-2H3. The average Bonchev–Trinajstić information content (AvgIpc) is 2.94. The third-order valence-corrected chi connectivity index (χ3v) is 4.96. The summed E-state index contributed by atoms with van der Waals surface area (Å²) in [5, 5.41) is 9.90. The maximum atomic E-state index is 13.4. The van der Waals surface area contributed by atoms with Gasteiger partial charge in [-0.1, -0.05) is 41.4 Å². The minimum atomic E-state index is -0.550. The van der Waals surface area contributed by atoms with E-state index < -0.39 is 11.8 Å². The number of carbonyl (C=O) groups is 2. The maximum absolute atomic E-state index is 13.4. The van der Waals surface area contributed by atoms with Crippen LogP contribution in [0.4, 0.5) is 5.69 Å². The predicted molar refractivity (Wildman–Crippen MR) is 109 cm³/mol. The number of hydrogen-bond donors (Lipinski definition) is 1. The number of methoxy groups -OCH3 is 1. The van der Waals surface area contributed by atoms with Gasteiger partial charge in [0.25, 0.3) is 11.8 Å². The quantitative estimate of drug-likeness (QED) is 0.726. The molecule has 0 bridgehead atoms. The Morgan fingerprint density at radius 3 is 2.50 bits per heavy atom. The number of likely N-dealkylation sites (N-methyl/N-ethyl adjacent to an activating group) is 1. The number of hydrogen-bond acceptors (Lipinski definition) is 5. The Morgan fingerprint density at radius 2 is 1.82 bits per heavy atom. The van der Waals surface area contributed by atoms with Gasteiger partial charge in [0.15, 0.2) is 0 Å². The van der Waals surface area contributed by atoms with Crippen molar-refractivity contribution in [2.24, 2.45) is 0 Å². The molecule has 1 N–H and O–H groups in total. The van der Waals surface area contributed by atoms with Crippen LogP contribution in [0.5, 0.6) is 5.75 Å². The zero-order valence-corrected chi connectivity index (χ0v) is 16.8. The molecule has 28 heavy (non-hydrogen) atoms. The van der Waals surface area contributed by atoms with Crippen LogP contribution in [0.1, 0.15) is 5.56 Å². The second-order valence-corrected chi connectivity index (χ2v) is 6.95. The number of nitrogens with zero attached hydrogens (tertiary/aromatic N) is 2. The molecule has 0 aromatic heterocycles. The van der Waals surface area contributed by atoms with Crippen LogP contribution < -0.4 is 9.64 Å². The summed E-state index contributed by atoms with van der Waals surface area (Å²) in [4.78, 5) is 29.2. The summed E-state index contributed by atoms with van der Waals surface area (Å²) in [6.45, 7) is -0.0112. The van der Waals surface area contributed by atoms with E-state index in [-0.39, 0.29) is 35.1 Å².